The SMILES string of the molecule is Cc1cccc(OC2CC3C=CC2C3)c1. The van der Waals surface area contributed by atoms with Gasteiger partial charge in [-0.15, -0.1) is 0 Å². The lowest BCUT2D eigenvalue weighted by molar-refractivity contribution is 0.175. The van der Waals surface area contributed by atoms with Crippen molar-refractivity contribution in [3.05, 3.63) is 42.0 Å². The fourth-order valence-electron chi connectivity index (χ4n) is 2.73. The van der Waals surface area contributed by atoms with Gasteiger partial charge in [0.05, 0.1) is 0 Å². The van der Waals surface area contributed by atoms with E-state index in [0.29, 0.717) is 12.0 Å². The molecule has 0 amide bonds. The van der Waals surface area contributed by atoms with Crippen LogP contribution in [0.3, 0.4) is 0 Å². The maximum Gasteiger partial charge on any atom is 0.120 e. The molecule has 2 bridgehead atoms. The minimum atomic E-state index is 0.418. The first-order valence-corrected chi connectivity index (χ1v) is 5.73. The van der Waals surface area contributed by atoms with E-state index in [1.54, 1.807) is 0 Å². The molecule has 0 aliphatic heterocycles. The number of hydrogen-bond acceptors (Lipinski definition) is 1. The highest BCUT2D eigenvalue weighted by Crippen LogP contribution is 2.40. The molecule has 2 aliphatic carbocycles. The summed E-state index contributed by atoms with van der Waals surface area (Å²) in [6.07, 6.45) is 7.60. The molecule has 78 valence electrons. The Balaban J connectivity index is 1.73. The van der Waals surface area contributed by atoms with E-state index in [-0.39, 0.29) is 0 Å². The molecule has 3 rings (SSSR count). The fourth-order valence-corrected chi connectivity index (χ4v) is 2.73. The van der Waals surface area contributed by atoms with E-state index in [4.69, 9.17) is 4.74 Å². The monoisotopic (exact) mass is 200 g/mol. The van der Waals surface area contributed by atoms with E-state index < -0.39 is 0 Å². The van der Waals surface area contributed by atoms with Gasteiger partial charge in [0.15, 0.2) is 0 Å². The Morgan fingerprint density at radius 3 is 2.80 bits per heavy atom. The second-order valence-corrected chi connectivity index (χ2v) is 4.75. The molecule has 1 aromatic rings. The molecule has 1 saturated carbocycles. The van der Waals surface area contributed by atoms with Crippen LogP contribution in [0.5, 0.6) is 5.75 Å². The van der Waals surface area contributed by atoms with E-state index in [1.807, 2.05) is 0 Å². The fraction of sp³-hybridized carbons (Fsp3) is 0.429. The lowest BCUT2D eigenvalue weighted by atomic mass is 10.0. The molecular formula is C14H16O. The molecule has 1 fully saturated rings. The van der Waals surface area contributed by atoms with Gasteiger partial charge in [0.2, 0.25) is 0 Å². The van der Waals surface area contributed by atoms with Gasteiger partial charge in [-0.25, -0.2) is 0 Å². The van der Waals surface area contributed by atoms with Crippen LogP contribution in [0.15, 0.2) is 36.4 Å². The summed E-state index contributed by atoms with van der Waals surface area (Å²) in [5.74, 6) is 2.47. The number of benzene rings is 1. The van der Waals surface area contributed by atoms with Crippen molar-refractivity contribution in [1.82, 2.24) is 0 Å². The van der Waals surface area contributed by atoms with Gasteiger partial charge in [-0.1, -0.05) is 24.3 Å². The minimum Gasteiger partial charge on any atom is -0.490 e. The van der Waals surface area contributed by atoms with Crippen LogP contribution >= 0.6 is 0 Å². The molecule has 0 N–H and O–H groups in total. The van der Waals surface area contributed by atoms with Crippen LogP contribution in [0.25, 0.3) is 0 Å². The van der Waals surface area contributed by atoms with Gasteiger partial charge in [-0.3, -0.25) is 0 Å². The Morgan fingerprint density at radius 1 is 1.20 bits per heavy atom. The molecule has 0 heterocycles. The Kier molecular flexibility index (Phi) is 2.05. The largest absolute Gasteiger partial charge is 0.490 e. The van der Waals surface area contributed by atoms with E-state index in [9.17, 15) is 0 Å². The molecule has 0 radical (unpaired) electrons. The third-order valence-corrected chi connectivity index (χ3v) is 3.49. The highest BCUT2D eigenvalue weighted by atomic mass is 16.5. The molecule has 0 spiro atoms. The summed E-state index contributed by atoms with van der Waals surface area (Å²) in [6.45, 7) is 2.10. The number of ether oxygens (including phenoxy) is 1. The molecule has 0 aromatic heterocycles. The molecule has 1 heteroatoms. The van der Waals surface area contributed by atoms with Gasteiger partial charge >= 0.3 is 0 Å². The summed E-state index contributed by atoms with van der Waals surface area (Å²) in [7, 11) is 0. The topological polar surface area (TPSA) is 9.23 Å². The third-order valence-electron chi connectivity index (χ3n) is 3.49. The van der Waals surface area contributed by atoms with Gasteiger partial charge in [-0.05, 0) is 43.4 Å². The van der Waals surface area contributed by atoms with Gasteiger partial charge in [0.1, 0.15) is 11.9 Å². The summed E-state index contributed by atoms with van der Waals surface area (Å²) < 4.78 is 6.04. The van der Waals surface area contributed by atoms with Crippen molar-refractivity contribution in [1.29, 1.82) is 0 Å². The van der Waals surface area contributed by atoms with Gasteiger partial charge in [0.25, 0.3) is 0 Å². The van der Waals surface area contributed by atoms with E-state index in [0.717, 1.165) is 11.7 Å². The van der Waals surface area contributed by atoms with Crippen molar-refractivity contribution in [2.24, 2.45) is 11.8 Å². The standard InChI is InChI=1S/C14H16O/c1-10-3-2-4-13(7-10)15-14-9-11-5-6-12(14)8-11/h2-7,11-12,14H,8-9H2,1H3. The molecule has 2 aliphatic rings. The summed E-state index contributed by atoms with van der Waals surface area (Å²) in [4.78, 5) is 0. The Bertz CT molecular complexity index is 394. The Labute approximate surface area is 90.8 Å². The second-order valence-electron chi connectivity index (χ2n) is 4.75. The highest BCUT2D eigenvalue weighted by Gasteiger charge is 2.37. The third kappa shape index (κ3) is 1.67. The minimum absolute atomic E-state index is 0.418. The summed E-state index contributed by atoms with van der Waals surface area (Å²) in [6, 6.07) is 8.35. The van der Waals surface area contributed by atoms with Crippen LogP contribution in [0.1, 0.15) is 18.4 Å². The zero-order valence-electron chi connectivity index (χ0n) is 9.02. The summed E-state index contributed by atoms with van der Waals surface area (Å²) in [5.41, 5.74) is 1.27. The van der Waals surface area contributed by atoms with E-state index in [1.165, 1.54) is 18.4 Å². The second kappa shape index (κ2) is 3.41. The summed E-state index contributed by atoms with van der Waals surface area (Å²) >= 11 is 0. The smallest absolute Gasteiger partial charge is 0.120 e. The maximum atomic E-state index is 6.04. The number of hydrogen-bond donors (Lipinski definition) is 0. The highest BCUT2D eigenvalue weighted by molar-refractivity contribution is 5.28. The maximum absolute atomic E-state index is 6.04. The van der Waals surface area contributed by atoms with Gasteiger partial charge in [-0.2, -0.15) is 0 Å². The molecule has 0 saturated heterocycles. The van der Waals surface area contributed by atoms with Crippen LogP contribution < -0.4 is 4.74 Å². The molecule has 3 unspecified atom stereocenters. The number of fused-ring (bicyclic) bond motifs is 2. The van der Waals surface area contributed by atoms with E-state index >= 15 is 0 Å². The number of allylic oxidation sites excluding steroid dienone is 1. The predicted octanol–water partition coefficient (Wildman–Crippen LogP) is 3.34. The average Bonchev–Trinajstić information content (AvgIpc) is 2.79. The molecule has 1 aromatic carbocycles. The lowest BCUT2D eigenvalue weighted by Crippen LogP contribution is -2.21. The van der Waals surface area contributed by atoms with Crippen molar-refractivity contribution in [3.8, 4) is 5.75 Å². The Hall–Kier alpha value is -1.24. The zero-order chi connectivity index (χ0) is 10.3. The van der Waals surface area contributed by atoms with Crippen molar-refractivity contribution in [3.63, 3.8) is 0 Å². The van der Waals surface area contributed by atoms with Crippen LogP contribution in [0, 0.1) is 18.8 Å². The zero-order valence-corrected chi connectivity index (χ0v) is 9.02. The number of aryl methyl sites for hydroxylation is 1. The number of rotatable bonds is 2. The lowest BCUT2D eigenvalue weighted by Gasteiger charge is -2.20. The quantitative estimate of drug-likeness (QED) is 0.665. The summed E-state index contributed by atoms with van der Waals surface area (Å²) in [5, 5.41) is 0. The van der Waals surface area contributed by atoms with Crippen LogP contribution in [0.2, 0.25) is 0 Å². The molecule has 1 nitrogen and oxygen atoms in total. The van der Waals surface area contributed by atoms with Crippen molar-refractivity contribution >= 4 is 0 Å². The van der Waals surface area contributed by atoms with Crippen LogP contribution in [-0.2, 0) is 0 Å². The van der Waals surface area contributed by atoms with Crippen LogP contribution in [0.4, 0.5) is 0 Å². The normalized spacial score (nSPS) is 32.2. The first kappa shape index (κ1) is 9.02. The predicted molar refractivity (Wildman–Crippen MR) is 60.9 cm³/mol. The molecule has 15 heavy (non-hydrogen) atoms. The van der Waals surface area contributed by atoms with E-state index in [2.05, 4.69) is 43.3 Å². The average molecular weight is 200 g/mol. The molecular weight excluding hydrogens is 184 g/mol. The first-order chi connectivity index (χ1) is 7.31. The van der Waals surface area contributed by atoms with Gasteiger partial charge < -0.3 is 4.74 Å². The van der Waals surface area contributed by atoms with Crippen molar-refractivity contribution in [2.75, 3.05) is 0 Å². The first-order valence-electron chi connectivity index (χ1n) is 5.73. The Morgan fingerprint density at radius 2 is 2.13 bits per heavy atom. The van der Waals surface area contributed by atoms with Gasteiger partial charge in [0, 0.05) is 5.92 Å². The van der Waals surface area contributed by atoms with Crippen LogP contribution in [-0.4, -0.2) is 6.10 Å². The van der Waals surface area contributed by atoms with Crippen molar-refractivity contribution < 1.29 is 4.74 Å². The van der Waals surface area contributed by atoms with Crippen molar-refractivity contribution in [2.45, 2.75) is 25.9 Å². The molecule has 3 atom stereocenters.